The van der Waals surface area contributed by atoms with Crippen LogP contribution in [-0.4, -0.2) is 63.9 Å². The van der Waals surface area contributed by atoms with Crippen molar-refractivity contribution in [1.29, 1.82) is 0 Å². The molecule has 1 aliphatic rings. The van der Waals surface area contributed by atoms with E-state index in [-0.39, 0.29) is 6.54 Å². The van der Waals surface area contributed by atoms with Crippen LogP contribution in [-0.2, 0) is 4.79 Å². The fourth-order valence-electron chi connectivity index (χ4n) is 1.88. The van der Waals surface area contributed by atoms with Gasteiger partial charge < -0.3 is 10.0 Å². The lowest BCUT2D eigenvalue weighted by Crippen LogP contribution is -2.48. The monoisotopic (exact) mass is 251 g/mol. The fourth-order valence-corrected chi connectivity index (χ4v) is 1.88. The van der Waals surface area contributed by atoms with Gasteiger partial charge in [0.1, 0.15) is 0 Å². The van der Waals surface area contributed by atoms with E-state index in [1.807, 2.05) is 23.6 Å². The quantitative estimate of drug-likeness (QED) is 0.789. The van der Waals surface area contributed by atoms with Gasteiger partial charge >= 0.3 is 5.97 Å². The summed E-state index contributed by atoms with van der Waals surface area (Å²) in [5.41, 5.74) is 1.72. The SMILES string of the molecule is Cc1nnc(N2CCN(CC(=O)O)CC2)nc1C. The van der Waals surface area contributed by atoms with Crippen LogP contribution in [0.15, 0.2) is 0 Å². The number of hydrogen-bond donors (Lipinski definition) is 1. The van der Waals surface area contributed by atoms with Gasteiger partial charge in [-0.25, -0.2) is 4.98 Å². The van der Waals surface area contributed by atoms with E-state index in [0.29, 0.717) is 19.0 Å². The molecule has 0 spiro atoms. The molecule has 18 heavy (non-hydrogen) atoms. The zero-order valence-electron chi connectivity index (χ0n) is 10.6. The molecule has 2 heterocycles. The second kappa shape index (κ2) is 5.26. The molecule has 0 aliphatic carbocycles. The molecule has 1 saturated heterocycles. The van der Waals surface area contributed by atoms with Gasteiger partial charge in [-0.05, 0) is 13.8 Å². The Morgan fingerprint density at radius 1 is 1.17 bits per heavy atom. The third kappa shape index (κ3) is 2.92. The number of rotatable bonds is 3. The number of piperazine rings is 1. The van der Waals surface area contributed by atoms with Gasteiger partial charge in [-0.3, -0.25) is 9.69 Å². The summed E-state index contributed by atoms with van der Waals surface area (Å²) in [5.74, 6) is -0.152. The maximum Gasteiger partial charge on any atom is 0.317 e. The lowest BCUT2D eigenvalue weighted by Gasteiger charge is -2.33. The van der Waals surface area contributed by atoms with E-state index < -0.39 is 5.97 Å². The molecular formula is C11H17N5O2. The molecule has 0 bridgehead atoms. The van der Waals surface area contributed by atoms with Crippen molar-refractivity contribution in [2.45, 2.75) is 13.8 Å². The first-order valence-electron chi connectivity index (χ1n) is 5.93. The van der Waals surface area contributed by atoms with Crippen molar-refractivity contribution in [3.05, 3.63) is 11.4 Å². The Labute approximate surface area is 105 Å². The Morgan fingerprint density at radius 2 is 1.83 bits per heavy atom. The number of carboxylic acid groups (broad SMARTS) is 1. The van der Waals surface area contributed by atoms with Crippen LogP contribution in [0, 0.1) is 13.8 Å². The molecule has 2 rings (SSSR count). The summed E-state index contributed by atoms with van der Waals surface area (Å²) in [5, 5.41) is 16.9. The molecule has 7 nitrogen and oxygen atoms in total. The second-order valence-corrected chi connectivity index (χ2v) is 4.44. The summed E-state index contributed by atoms with van der Waals surface area (Å²) < 4.78 is 0. The number of hydrogen-bond acceptors (Lipinski definition) is 6. The van der Waals surface area contributed by atoms with Crippen molar-refractivity contribution in [3.63, 3.8) is 0 Å². The second-order valence-electron chi connectivity index (χ2n) is 4.44. The molecule has 0 saturated carbocycles. The maximum absolute atomic E-state index is 10.6. The van der Waals surface area contributed by atoms with Crippen LogP contribution in [0.25, 0.3) is 0 Å². The summed E-state index contributed by atoms with van der Waals surface area (Å²) in [6.07, 6.45) is 0. The average Bonchev–Trinajstić information content (AvgIpc) is 2.33. The molecule has 1 aromatic heterocycles. The highest BCUT2D eigenvalue weighted by atomic mass is 16.4. The van der Waals surface area contributed by atoms with Crippen LogP contribution in [0.1, 0.15) is 11.4 Å². The summed E-state index contributed by atoms with van der Waals surface area (Å²) in [6, 6.07) is 0. The lowest BCUT2D eigenvalue weighted by atomic mass is 10.3. The Hall–Kier alpha value is -1.76. The van der Waals surface area contributed by atoms with E-state index in [2.05, 4.69) is 15.2 Å². The predicted molar refractivity (Wildman–Crippen MR) is 65.6 cm³/mol. The molecule has 1 fully saturated rings. The third-order valence-electron chi connectivity index (χ3n) is 3.09. The smallest absolute Gasteiger partial charge is 0.317 e. The van der Waals surface area contributed by atoms with Gasteiger partial charge in [0.2, 0.25) is 5.95 Å². The number of nitrogens with zero attached hydrogens (tertiary/aromatic N) is 5. The molecule has 0 unspecified atom stereocenters. The van der Waals surface area contributed by atoms with E-state index in [1.54, 1.807) is 0 Å². The average molecular weight is 251 g/mol. The van der Waals surface area contributed by atoms with Crippen molar-refractivity contribution >= 4 is 11.9 Å². The van der Waals surface area contributed by atoms with E-state index in [9.17, 15) is 4.79 Å². The minimum atomic E-state index is -0.785. The highest BCUT2D eigenvalue weighted by Crippen LogP contribution is 2.11. The van der Waals surface area contributed by atoms with Crippen molar-refractivity contribution in [2.75, 3.05) is 37.6 Å². The minimum absolute atomic E-state index is 0.0971. The van der Waals surface area contributed by atoms with E-state index >= 15 is 0 Å². The Balaban J connectivity index is 1.96. The number of carboxylic acids is 1. The van der Waals surface area contributed by atoms with Gasteiger partial charge in [-0.2, -0.15) is 5.10 Å². The minimum Gasteiger partial charge on any atom is -0.480 e. The van der Waals surface area contributed by atoms with Crippen LogP contribution in [0.3, 0.4) is 0 Å². The first kappa shape index (κ1) is 12.7. The van der Waals surface area contributed by atoms with Crippen LogP contribution in [0.5, 0.6) is 0 Å². The van der Waals surface area contributed by atoms with Gasteiger partial charge in [0.05, 0.1) is 17.9 Å². The molecule has 0 amide bonds. The highest BCUT2D eigenvalue weighted by Gasteiger charge is 2.20. The zero-order valence-corrected chi connectivity index (χ0v) is 10.6. The van der Waals surface area contributed by atoms with Crippen LogP contribution < -0.4 is 4.90 Å². The van der Waals surface area contributed by atoms with Crippen LogP contribution in [0.2, 0.25) is 0 Å². The summed E-state index contributed by atoms with van der Waals surface area (Å²) in [6.45, 7) is 6.78. The number of aryl methyl sites for hydroxylation is 2. The molecule has 1 N–H and O–H groups in total. The molecule has 7 heteroatoms. The summed E-state index contributed by atoms with van der Waals surface area (Å²) in [4.78, 5) is 19.0. The fraction of sp³-hybridized carbons (Fsp3) is 0.636. The molecule has 0 radical (unpaired) electrons. The molecule has 98 valence electrons. The van der Waals surface area contributed by atoms with E-state index in [4.69, 9.17) is 5.11 Å². The summed E-state index contributed by atoms with van der Waals surface area (Å²) >= 11 is 0. The van der Waals surface area contributed by atoms with Crippen molar-refractivity contribution < 1.29 is 9.90 Å². The zero-order chi connectivity index (χ0) is 13.1. The normalized spacial score (nSPS) is 16.9. The standard InChI is InChI=1S/C11H17N5O2/c1-8-9(2)13-14-11(12-8)16-5-3-15(4-6-16)7-10(17)18/h3-7H2,1-2H3,(H,17,18). The Bertz CT molecular complexity index is 443. The maximum atomic E-state index is 10.6. The number of carbonyl (C=O) groups is 1. The third-order valence-corrected chi connectivity index (χ3v) is 3.09. The topological polar surface area (TPSA) is 82.5 Å². The Kier molecular flexibility index (Phi) is 3.71. The molecular weight excluding hydrogens is 234 g/mol. The highest BCUT2D eigenvalue weighted by molar-refractivity contribution is 5.69. The van der Waals surface area contributed by atoms with Crippen molar-refractivity contribution in [1.82, 2.24) is 20.1 Å². The lowest BCUT2D eigenvalue weighted by molar-refractivity contribution is -0.138. The van der Waals surface area contributed by atoms with Gasteiger partial charge in [0.15, 0.2) is 0 Å². The predicted octanol–water partition coefficient (Wildman–Crippen LogP) is -0.305. The van der Waals surface area contributed by atoms with Gasteiger partial charge in [-0.1, -0.05) is 0 Å². The largest absolute Gasteiger partial charge is 0.480 e. The van der Waals surface area contributed by atoms with Crippen molar-refractivity contribution in [3.8, 4) is 0 Å². The molecule has 1 aliphatic heterocycles. The molecule has 0 atom stereocenters. The van der Waals surface area contributed by atoms with Gasteiger partial charge in [-0.15, -0.1) is 5.10 Å². The van der Waals surface area contributed by atoms with Crippen molar-refractivity contribution in [2.24, 2.45) is 0 Å². The van der Waals surface area contributed by atoms with E-state index in [0.717, 1.165) is 24.5 Å². The number of aliphatic carboxylic acids is 1. The number of aromatic nitrogens is 3. The molecule has 1 aromatic rings. The summed E-state index contributed by atoms with van der Waals surface area (Å²) in [7, 11) is 0. The molecule has 0 aromatic carbocycles. The van der Waals surface area contributed by atoms with Crippen LogP contribution >= 0.6 is 0 Å². The van der Waals surface area contributed by atoms with Gasteiger partial charge in [0, 0.05) is 26.2 Å². The van der Waals surface area contributed by atoms with Gasteiger partial charge in [0.25, 0.3) is 0 Å². The first-order chi connectivity index (χ1) is 8.56. The number of anilines is 1. The Morgan fingerprint density at radius 3 is 2.39 bits per heavy atom. The first-order valence-corrected chi connectivity index (χ1v) is 5.93. The van der Waals surface area contributed by atoms with E-state index in [1.165, 1.54) is 0 Å². The van der Waals surface area contributed by atoms with Crippen LogP contribution in [0.4, 0.5) is 5.95 Å².